The predicted molar refractivity (Wildman–Crippen MR) is 98.5 cm³/mol. The van der Waals surface area contributed by atoms with Crippen LogP contribution in [0.2, 0.25) is 0 Å². The van der Waals surface area contributed by atoms with Crippen LogP contribution in [0.1, 0.15) is 18.4 Å². The molecule has 1 aliphatic heterocycles. The monoisotopic (exact) mass is 509 g/mol. The number of hydrogen-bond acceptors (Lipinski definition) is 6. The van der Waals surface area contributed by atoms with Crippen molar-refractivity contribution in [3.63, 3.8) is 0 Å². The number of nitriles is 1. The van der Waals surface area contributed by atoms with Crippen molar-refractivity contribution in [2.45, 2.75) is 41.2 Å². The van der Waals surface area contributed by atoms with Gasteiger partial charge < -0.3 is 10.8 Å². The molecule has 2 aliphatic rings. The molecule has 0 bridgehead atoms. The Morgan fingerprint density at radius 3 is 2.47 bits per heavy atom. The lowest BCUT2D eigenvalue weighted by Crippen LogP contribution is -2.42. The number of nitrogens with zero attached hydrogens (tertiary/aromatic N) is 2. The quantitative estimate of drug-likeness (QED) is 0.612. The zero-order valence-corrected chi connectivity index (χ0v) is 17.5. The summed E-state index contributed by atoms with van der Waals surface area (Å²) in [7, 11) is -4.58. The van der Waals surface area contributed by atoms with Gasteiger partial charge in [0.05, 0.1) is 21.8 Å². The van der Waals surface area contributed by atoms with Gasteiger partial charge in [-0.3, -0.25) is 14.5 Å². The molecule has 1 saturated carbocycles. The first-order valence-electron chi connectivity index (χ1n) is 8.56. The Morgan fingerprint density at radius 2 is 2.00 bits per heavy atom. The molecule has 1 heterocycles. The Balaban J connectivity index is 1.99. The van der Waals surface area contributed by atoms with Crippen LogP contribution in [0.5, 0.6) is 0 Å². The van der Waals surface area contributed by atoms with Gasteiger partial charge in [0, 0.05) is 17.1 Å². The highest BCUT2D eigenvalue weighted by Gasteiger charge is 2.66. The van der Waals surface area contributed by atoms with Crippen molar-refractivity contribution >= 4 is 37.6 Å². The molecule has 1 aromatic rings. The maximum atomic E-state index is 13.4. The van der Waals surface area contributed by atoms with Crippen molar-refractivity contribution in [1.82, 2.24) is 4.90 Å². The smallest absolute Gasteiger partial charge is 0.417 e. The summed E-state index contributed by atoms with van der Waals surface area (Å²) in [6.07, 6.45) is -5.50. The Labute approximate surface area is 177 Å². The Kier molecular flexibility index (Phi) is 5.41. The van der Waals surface area contributed by atoms with Crippen LogP contribution in [0, 0.1) is 16.7 Å². The molecule has 3 N–H and O–H groups in total. The van der Waals surface area contributed by atoms with E-state index in [2.05, 4.69) is 15.9 Å². The lowest BCUT2D eigenvalue weighted by Gasteiger charge is -2.22. The topological polar surface area (TPSA) is 142 Å². The van der Waals surface area contributed by atoms with Gasteiger partial charge in [0.2, 0.25) is 5.91 Å². The van der Waals surface area contributed by atoms with Crippen LogP contribution >= 0.6 is 15.9 Å². The van der Waals surface area contributed by atoms with Crippen molar-refractivity contribution in [1.29, 1.82) is 5.26 Å². The molecule has 1 aromatic carbocycles. The molecular formula is C17H15BrF3N3O5S. The fraction of sp³-hybridized carbons (Fsp3) is 0.471. The number of sulfone groups is 1. The molecule has 4 atom stereocenters. The molecule has 0 spiro atoms. The van der Waals surface area contributed by atoms with Crippen LogP contribution in [-0.2, 0) is 25.6 Å². The average molecular weight is 510 g/mol. The third-order valence-electron chi connectivity index (χ3n) is 5.54. The highest BCUT2D eigenvalue weighted by Crippen LogP contribution is 2.51. The summed E-state index contributed by atoms with van der Waals surface area (Å²) < 4.78 is 66.4. The number of aliphatic carboxylic acids is 1. The molecule has 2 unspecified atom stereocenters. The minimum Gasteiger partial charge on any atom is -0.480 e. The van der Waals surface area contributed by atoms with Crippen molar-refractivity contribution in [3.05, 3.63) is 28.2 Å². The molecule has 1 saturated heterocycles. The van der Waals surface area contributed by atoms with E-state index in [4.69, 9.17) is 5.73 Å². The number of carbonyl (C=O) groups excluding carboxylic acids is 1. The van der Waals surface area contributed by atoms with E-state index in [1.165, 1.54) is 4.90 Å². The summed E-state index contributed by atoms with van der Waals surface area (Å²) in [5.74, 6) is -2.36. The van der Waals surface area contributed by atoms with Crippen molar-refractivity contribution in [2.24, 2.45) is 11.1 Å². The first-order chi connectivity index (χ1) is 13.8. The van der Waals surface area contributed by atoms with Crippen LogP contribution in [0.25, 0.3) is 0 Å². The van der Waals surface area contributed by atoms with Crippen LogP contribution in [0.4, 0.5) is 13.2 Å². The van der Waals surface area contributed by atoms with E-state index >= 15 is 0 Å². The first-order valence-corrected chi connectivity index (χ1v) is 10.9. The van der Waals surface area contributed by atoms with Crippen LogP contribution in [-0.4, -0.2) is 54.2 Å². The molecule has 2 fully saturated rings. The number of carboxylic acids is 1. The van der Waals surface area contributed by atoms with Crippen molar-refractivity contribution < 1.29 is 36.3 Å². The number of carboxylic acid groups (broad SMARTS) is 1. The number of carbonyl (C=O) groups is 2. The minimum absolute atomic E-state index is 0.0310. The average Bonchev–Trinajstić information content (AvgIpc) is 3.21. The van der Waals surface area contributed by atoms with E-state index in [0.29, 0.717) is 6.07 Å². The maximum Gasteiger partial charge on any atom is 0.417 e. The number of halogens is 4. The Bertz CT molecular complexity index is 1070. The molecule has 8 nitrogen and oxygen atoms in total. The van der Waals surface area contributed by atoms with E-state index < -0.39 is 74.1 Å². The van der Waals surface area contributed by atoms with E-state index in [1.807, 2.05) is 0 Å². The number of alkyl halides is 3. The normalized spacial score (nSPS) is 29.4. The van der Waals surface area contributed by atoms with Gasteiger partial charge in [-0.2, -0.15) is 18.4 Å². The van der Waals surface area contributed by atoms with Gasteiger partial charge in [-0.15, -0.1) is 0 Å². The molecule has 13 heteroatoms. The third kappa shape index (κ3) is 3.57. The van der Waals surface area contributed by atoms with Crippen molar-refractivity contribution in [2.75, 3.05) is 6.54 Å². The van der Waals surface area contributed by atoms with E-state index in [9.17, 15) is 41.5 Å². The number of primary amides is 1. The second-order valence-electron chi connectivity index (χ2n) is 7.26. The summed E-state index contributed by atoms with van der Waals surface area (Å²) in [4.78, 5) is 23.5. The van der Waals surface area contributed by atoms with Crippen LogP contribution < -0.4 is 5.73 Å². The second-order valence-corrected chi connectivity index (χ2v) is 10.4. The molecule has 0 radical (unpaired) electrons. The number of amides is 1. The van der Waals surface area contributed by atoms with Gasteiger partial charge in [0.25, 0.3) is 0 Å². The largest absolute Gasteiger partial charge is 0.480 e. The van der Waals surface area contributed by atoms with Crippen molar-refractivity contribution in [3.8, 4) is 6.07 Å². The summed E-state index contributed by atoms with van der Waals surface area (Å²) in [5.41, 5.74) is 2.23. The van der Waals surface area contributed by atoms with Gasteiger partial charge >= 0.3 is 12.1 Å². The number of hydrogen-bond donors (Lipinski definition) is 2. The fourth-order valence-corrected chi connectivity index (χ4v) is 6.13. The number of rotatable bonds is 5. The van der Waals surface area contributed by atoms with Gasteiger partial charge in [-0.25, -0.2) is 8.42 Å². The predicted octanol–water partition coefficient (Wildman–Crippen LogP) is 1.54. The van der Waals surface area contributed by atoms with E-state index in [-0.39, 0.29) is 10.9 Å². The van der Waals surface area contributed by atoms with Gasteiger partial charge in [0.15, 0.2) is 15.3 Å². The molecule has 3 rings (SSSR count). The Morgan fingerprint density at radius 1 is 1.37 bits per heavy atom. The zero-order valence-electron chi connectivity index (χ0n) is 15.1. The highest BCUT2D eigenvalue weighted by molar-refractivity contribution is 9.10. The second kappa shape index (κ2) is 7.21. The molecule has 162 valence electrons. The van der Waals surface area contributed by atoms with E-state index in [1.54, 1.807) is 6.07 Å². The number of likely N-dealkylation sites (tertiary alicyclic amines) is 1. The molecular weight excluding hydrogens is 495 g/mol. The number of nitrogens with two attached hydrogens (primary N) is 1. The maximum absolute atomic E-state index is 13.4. The highest BCUT2D eigenvalue weighted by atomic mass is 79.9. The summed E-state index contributed by atoms with van der Waals surface area (Å²) in [5, 5.41) is 17.3. The summed E-state index contributed by atoms with van der Waals surface area (Å²) >= 11 is 2.88. The summed E-state index contributed by atoms with van der Waals surface area (Å²) in [6.45, 7) is -0.436. The molecule has 0 aromatic heterocycles. The van der Waals surface area contributed by atoms with E-state index in [0.717, 1.165) is 12.1 Å². The van der Waals surface area contributed by atoms with Gasteiger partial charge in [-0.05, 0) is 31.0 Å². The fourth-order valence-electron chi connectivity index (χ4n) is 3.87. The van der Waals surface area contributed by atoms with Gasteiger partial charge in [-0.1, -0.05) is 15.9 Å². The standard InChI is InChI=1S/C17H15BrF3N3O5S/c18-8-1-2-12(10(3-8)17(19,20)21)30(28,29)9-4-11(14(25)26)24(6-9)13-5-16(13,7-22)15(23)27/h1-3,9,11,13H,4-6H2,(H2,23,27)(H,25,26)/t9-,11+,13?,16?/m1/s1. The first kappa shape index (κ1) is 22.5. The minimum atomic E-state index is -4.95. The van der Waals surface area contributed by atoms with Gasteiger partial charge in [0.1, 0.15) is 6.04 Å². The third-order valence-corrected chi connectivity index (χ3v) is 8.22. The lowest BCUT2D eigenvalue weighted by atomic mass is 10.1. The van der Waals surface area contributed by atoms with Crippen LogP contribution in [0.3, 0.4) is 0 Å². The summed E-state index contributed by atoms with van der Waals surface area (Å²) in [6, 6.07) is 2.07. The lowest BCUT2D eigenvalue weighted by molar-refractivity contribution is -0.143. The Hall–Kier alpha value is -2.17. The molecule has 1 amide bonds. The number of benzene rings is 1. The molecule has 30 heavy (non-hydrogen) atoms. The SMILES string of the molecule is N#CC1(C(N)=O)CC1N1C[C@H](S(=O)(=O)c2ccc(Br)cc2C(F)(F)F)C[C@H]1C(=O)O. The van der Waals surface area contributed by atoms with Crippen LogP contribution in [0.15, 0.2) is 27.6 Å². The zero-order chi connectivity index (χ0) is 22.6. The molecule has 1 aliphatic carbocycles.